The summed E-state index contributed by atoms with van der Waals surface area (Å²) in [4.78, 5) is 17.9. The van der Waals surface area contributed by atoms with Crippen molar-refractivity contribution in [1.29, 1.82) is 0 Å². The van der Waals surface area contributed by atoms with E-state index in [1.165, 1.54) is 18.4 Å². The minimum Gasteiger partial charge on any atom is -0.356 e. The van der Waals surface area contributed by atoms with Gasteiger partial charge in [0, 0.05) is 64.1 Å². The van der Waals surface area contributed by atoms with Crippen LogP contribution in [-0.2, 0) is 5.41 Å². The van der Waals surface area contributed by atoms with Crippen LogP contribution >= 0.6 is 24.0 Å². The number of nitrogens with one attached hydrogen (secondary N) is 2. The number of anilines is 1. The summed E-state index contributed by atoms with van der Waals surface area (Å²) in [6.45, 7) is 7.07. The van der Waals surface area contributed by atoms with Crippen LogP contribution in [0.1, 0.15) is 24.8 Å². The van der Waals surface area contributed by atoms with Crippen molar-refractivity contribution in [2.75, 3.05) is 57.8 Å². The summed E-state index contributed by atoms with van der Waals surface area (Å²) in [6.07, 6.45) is 7.23. The average molecular weight is 535 g/mol. The molecule has 168 valence electrons. The average Bonchev–Trinajstić information content (AvgIpc) is 3.61. The van der Waals surface area contributed by atoms with Crippen molar-refractivity contribution in [3.05, 3.63) is 54.4 Å². The van der Waals surface area contributed by atoms with Gasteiger partial charge < -0.3 is 15.5 Å². The summed E-state index contributed by atoms with van der Waals surface area (Å²) in [7, 11) is 1.85. The quantitative estimate of drug-likeness (QED) is 0.235. The third kappa shape index (κ3) is 6.52. The molecule has 1 aliphatic heterocycles. The number of halogens is 1. The summed E-state index contributed by atoms with van der Waals surface area (Å²) in [5, 5.41) is 7.02. The van der Waals surface area contributed by atoms with Crippen LogP contribution in [0.25, 0.3) is 0 Å². The highest BCUT2D eigenvalue weighted by molar-refractivity contribution is 14.0. The van der Waals surface area contributed by atoms with Gasteiger partial charge in [-0.15, -0.1) is 24.0 Å². The Balaban J connectivity index is 0.00000272. The van der Waals surface area contributed by atoms with E-state index in [1.54, 1.807) is 0 Å². The number of hydrogen-bond donors (Lipinski definition) is 2. The fraction of sp³-hybridized carbons (Fsp3) is 0.522. The Morgan fingerprint density at radius 2 is 1.71 bits per heavy atom. The maximum absolute atomic E-state index is 4.40. The van der Waals surface area contributed by atoms with Gasteiger partial charge in [-0.3, -0.25) is 9.89 Å². The van der Waals surface area contributed by atoms with Gasteiger partial charge in [-0.2, -0.15) is 0 Å². The number of hydrogen-bond acceptors (Lipinski definition) is 5. The van der Waals surface area contributed by atoms with Crippen molar-refractivity contribution >= 4 is 35.9 Å². The topological polar surface area (TPSA) is 68.7 Å². The molecule has 2 aliphatic rings. The number of rotatable bonds is 8. The Bertz CT molecular complexity index is 803. The lowest BCUT2D eigenvalue weighted by molar-refractivity contribution is 0.254. The van der Waals surface area contributed by atoms with E-state index >= 15 is 0 Å². The molecule has 1 aliphatic carbocycles. The number of benzene rings is 1. The standard InChI is InChI=1S/C23H33N7.HI/c1-24-21(28-19-23(9-10-23)20-7-3-2-4-8-20)25-13-6-14-29-15-17-30(18-16-29)22-26-11-5-12-27-22;/h2-5,7-8,11-12H,6,9-10,13-19H2,1H3,(H2,24,25,28);1H. The molecular formula is C23H34IN7. The predicted molar refractivity (Wildman–Crippen MR) is 137 cm³/mol. The van der Waals surface area contributed by atoms with Crippen LogP contribution in [0.3, 0.4) is 0 Å². The van der Waals surface area contributed by atoms with Crippen LogP contribution < -0.4 is 15.5 Å². The maximum atomic E-state index is 4.40. The van der Waals surface area contributed by atoms with Crippen molar-refractivity contribution in [3.8, 4) is 0 Å². The van der Waals surface area contributed by atoms with Gasteiger partial charge in [0.2, 0.25) is 5.95 Å². The SMILES string of the molecule is CN=C(NCCCN1CCN(c2ncccn2)CC1)NCC1(c2ccccc2)CC1.I. The van der Waals surface area contributed by atoms with Gasteiger partial charge in [0.15, 0.2) is 5.96 Å². The molecule has 2 heterocycles. The van der Waals surface area contributed by atoms with E-state index in [1.807, 2.05) is 25.5 Å². The molecule has 1 aromatic heterocycles. The zero-order chi connectivity index (χ0) is 20.7. The van der Waals surface area contributed by atoms with Crippen molar-refractivity contribution in [3.63, 3.8) is 0 Å². The van der Waals surface area contributed by atoms with E-state index in [9.17, 15) is 0 Å². The van der Waals surface area contributed by atoms with Crippen molar-refractivity contribution in [1.82, 2.24) is 25.5 Å². The van der Waals surface area contributed by atoms with E-state index < -0.39 is 0 Å². The minimum absolute atomic E-state index is 0. The number of guanidine groups is 1. The van der Waals surface area contributed by atoms with E-state index in [2.05, 4.69) is 65.7 Å². The third-order valence-electron chi connectivity index (χ3n) is 6.21. The molecule has 1 saturated carbocycles. The minimum atomic E-state index is 0. The Labute approximate surface area is 202 Å². The van der Waals surface area contributed by atoms with Crippen molar-refractivity contribution in [2.24, 2.45) is 4.99 Å². The van der Waals surface area contributed by atoms with Crippen LogP contribution in [0.5, 0.6) is 0 Å². The molecule has 0 bridgehead atoms. The fourth-order valence-corrected chi connectivity index (χ4v) is 4.12. The lowest BCUT2D eigenvalue weighted by Crippen LogP contribution is -2.48. The van der Waals surface area contributed by atoms with Gasteiger partial charge in [-0.1, -0.05) is 30.3 Å². The first-order chi connectivity index (χ1) is 14.8. The number of aromatic nitrogens is 2. The molecule has 0 atom stereocenters. The second-order valence-electron chi connectivity index (χ2n) is 8.23. The van der Waals surface area contributed by atoms with Gasteiger partial charge in [0.25, 0.3) is 0 Å². The zero-order valence-corrected chi connectivity index (χ0v) is 20.7. The van der Waals surface area contributed by atoms with Crippen molar-refractivity contribution < 1.29 is 0 Å². The second-order valence-corrected chi connectivity index (χ2v) is 8.23. The van der Waals surface area contributed by atoms with Gasteiger partial charge in [-0.05, 0) is 37.4 Å². The first-order valence-corrected chi connectivity index (χ1v) is 11.0. The Kier molecular flexibility index (Phi) is 8.89. The summed E-state index contributed by atoms with van der Waals surface area (Å²) >= 11 is 0. The molecule has 7 nitrogen and oxygen atoms in total. The molecule has 31 heavy (non-hydrogen) atoms. The van der Waals surface area contributed by atoms with Gasteiger partial charge in [-0.25, -0.2) is 9.97 Å². The molecule has 0 spiro atoms. The summed E-state index contributed by atoms with van der Waals surface area (Å²) in [5.41, 5.74) is 1.73. The molecule has 0 unspecified atom stereocenters. The molecular weight excluding hydrogens is 501 g/mol. The largest absolute Gasteiger partial charge is 0.356 e. The molecule has 0 amide bonds. The maximum Gasteiger partial charge on any atom is 0.225 e. The van der Waals surface area contributed by atoms with Crippen molar-refractivity contribution in [2.45, 2.75) is 24.7 Å². The lowest BCUT2D eigenvalue weighted by Gasteiger charge is -2.34. The summed E-state index contributed by atoms with van der Waals surface area (Å²) in [5.74, 6) is 1.75. The Morgan fingerprint density at radius 1 is 1.00 bits per heavy atom. The summed E-state index contributed by atoms with van der Waals surface area (Å²) < 4.78 is 0. The lowest BCUT2D eigenvalue weighted by atomic mass is 9.96. The third-order valence-corrected chi connectivity index (χ3v) is 6.21. The number of piperazine rings is 1. The first kappa shape index (κ1) is 23.7. The van der Waals surface area contributed by atoms with Crippen LogP contribution in [0, 0.1) is 0 Å². The van der Waals surface area contributed by atoms with Gasteiger partial charge >= 0.3 is 0 Å². The monoisotopic (exact) mass is 535 g/mol. The first-order valence-electron chi connectivity index (χ1n) is 11.0. The van der Waals surface area contributed by atoms with Crippen LogP contribution in [0.15, 0.2) is 53.8 Å². The molecule has 2 N–H and O–H groups in total. The van der Waals surface area contributed by atoms with Gasteiger partial charge in [0.05, 0.1) is 0 Å². The zero-order valence-electron chi connectivity index (χ0n) is 18.3. The molecule has 2 aromatic rings. The highest BCUT2D eigenvalue weighted by Gasteiger charge is 2.43. The molecule has 4 rings (SSSR count). The molecule has 1 saturated heterocycles. The normalized spacial score (nSPS) is 18.2. The fourth-order valence-electron chi connectivity index (χ4n) is 4.12. The Morgan fingerprint density at radius 3 is 2.35 bits per heavy atom. The van der Waals surface area contributed by atoms with Crippen LogP contribution in [0.4, 0.5) is 5.95 Å². The number of aliphatic imine (C=N–C) groups is 1. The predicted octanol–water partition coefficient (Wildman–Crippen LogP) is 2.50. The van der Waals surface area contributed by atoms with Crippen LogP contribution in [-0.4, -0.2) is 73.7 Å². The molecule has 1 aromatic carbocycles. The Hall–Kier alpha value is -1.94. The number of nitrogens with zero attached hydrogens (tertiary/aromatic N) is 5. The van der Waals surface area contributed by atoms with E-state index in [0.29, 0.717) is 5.41 Å². The highest BCUT2D eigenvalue weighted by Crippen LogP contribution is 2.47. The smallest absolute Gasteiger partial charge is 0.225 e. The molecule has 8 heteroatoms. The molecule has 2 fully saturated rings. The summed E-state index contributed by atoms with van der Waals surface area (Å²) in [6, 6.07) is 12.7. The van der Waals surface area contributed by atoms with E-state index in [4.69, 9.17) is 0 Å². The van der Waals surface area contributed by atoms with Gasteiger partial charge in [0.1, 0.15) is 0 Å². The van der Waals surface area contributed by atoms with E-state index in [0.717, 1.165) is 64.1 Å². The van der Waals surface area contributed by atoms with E-state index in [-0.39, 0.29) is 24.0 Å². The highest BCUT2D eigenvalue weighted by atomic mass is 127. The second kappa shape index (κ2) is 11.6. The van der Waals surface area contributed by atoms with Crippen LogP contribution in [0.2, 0.25) is 0 Å². The molecule has 0 radical (unpaired) electrons.